The summed E-state index contributed by atoms with van der Waals surface area (Å²) in [5.74, 6) is -0.173. The van der Waals surface area contributed by atoms with Crippen molar-refractivity contribution in [2.45, 2.75) is 38.6 Å². The Morgan fingerprint density at radius 3 is 2.95 bits per heavy atom. The fraction of sp³-hybridized carbons (Fsp3) is 0.615. The zero-order valence-electron chi connectivity index (χ0n) is 11.0. The standard InChI is InChI=1S/C13H18ClN3O2/c1-9-7-11(16-13(14)15-9)12(19)17-6-4-2-3-5-10(17)8-18/h7,10,18H,2-6,8H2,1H3. The van der Waals surface area contributed by atoms with Gasteiger partial charge in [-0.25, -0.2) is 9.97 Å². The van der Waals surface area contributed by atoms with Gasteiger partial charge < -0.3 is 10.0 Å². The molecular formula is C13H18ClN3O2. The first kappa shape index (κ1) is 14.2. The molecule has 1 atom stereocenters. The Morgan fingerprint density at radius 2 is 2.26 bits per heavy atom. The molecule has 1 aromatic rings. The normalized spacial score (nSPS) is 20.2. The highest BCUT2D eigenvalue weighted by atomic mass is 35.5. The SMILES string of the molecule is Cc1cc(C(=O)N2CCCCCC2CO)nc(Cl)n1. The van der Waals surface area contributed by atoms with Crippen LogP contribution in [-0.2, 0) is 0 Å². The van der Waals surface area contributed by atoms with Crippen molar-refractivity contribution in [2.24, 2.45) is 0 Å². The number of carbonyl (C=O) groups excluding carboxylic acids is 1. The van der Waals surface area contributed by atoms with Gasteiger partial charge in [0.05, 0.1) is 12.6 Å². The third kappa shape index (κ3) is 3.42. The van der Waals surface area contributed by atoms with Gasteiger partial charge in [0.15, 0.2) is 0 Å². The number of nitrogens with zero attached hydrogens (tertiary/aromatic N) is 3. The largest absolute Gasteiger partial charge is 0.394 e. The average Bonchev–Trinajstić information content (AvgIpc) is 2.61. The molecule has 1 unspecified atom stereocenters. The maximum Gasteiger partial charge on any atom is 0.272 e. The maximum atomic E-state index is 12.5. The number of likely N-dealkylation sites (tertiary alicyclic amines) is 1. The molecule has 0 aromatic carbocycles. The monoisotopic (exact) mass is 283 g/mol. The Hall–Kier alpha value is -1.20. The first-order valence-electron chi connectivity index (χ1n) is 6.55. The van der Waals surface area contributed by atoms with E-state index in [4.69, 9.17) is 11.6 Å². The number of hydrogen-bond acceptors (Lipinski definition) is 4. The van der Waals surface area contributed by atoms with Gasteiger partial charge in [-0.05, 0) is 37.4 Å². The lowest BCUT2D eigenvalue weighted by molar-refractivity contribution is 0.0593. The Labute approximate surface area is 117 Å². The van der Waals surface area contributed by atoms with Crippen molar-refractivity contribution >= 4 is 17.5 Å². The van der Waals surface area contributed by atoms with Crippen LogP contribution in [0.4, 0.5) is 0 Å². The van der Waals surface area contributed by atoms with E-state index in [1.165, 1.54) is 0 Å². The van der Waals surface area contributed by atoms with Crippen molar-refractivity contribution in [1.29, 1.82) is 0 Å². The zero-order chi connectivity index (χ0) is 13.8. The molecule has 1 aromatic heterocycles. The van der Waals surface area contributed by atoms with Crippen molar-refractivity contribution in [2.75, 3.05) is 13.2 Å². The third-order valence-electron chi connectivity index (χ3n) is 3.39. The van der Waals surface area contributed by atoms with E-state index in [0.717, 1.165) is 25.7 Å². The highest BCUT2D eigenvalue weighted by Gasteiger charge is 2.26. The number of aliphatic hydroxyl groups is 1. The molecule has 1 saturated heterocycles. The lowest BCUT2D eigenvalue weighted by Gasteiger charge is -2.28. The van der Waals surface area contributed by atoms with E-state index in [-0.39, 0.29) is 23.8 Å². The maximum absolute atomic E-state index is 12.5. The van der Waals surface area contributed by atoms with E-state index < -0.39 is 0 Å². The topological polar surface area (TPSA) is 66.3 Å². The molecule has 104 valence electrons. The molecule has 1 amide bonds. The second-order valence-corrected chi connectivity index (χ2v) is 5.19. The molecule has 6 heteroatoms. The number of hydrogen-bond donors (Lipinski definition) is 1. The predicted molar refractivity (Wildman–Crippen MR) is 72.2 cm³/mol. The highest BCUT2D eigenvalue weighted by Crippen LogP contribution is 2.19. The van der Waals surface area contributed by atoms with Crippen LogP contribution in [0.1, 0.15) is 41.9 Å². The molecular weight excluding hydrogens is 266 g/mol. The van der Waals surface area contributed by atoms with Crippen LogP contribution >= 0.6 is 11.6 Å². The minimum atomic E-state index is -0.173. The first-order chi connectivity index (χ1) is 9.11. The molecule has 1 fully saturated rings. The lowest BCUT2D eigenvalue weighted by Crippen LogP contribution is -2.42. The molecule has 0 bridgehead atoms. The van der Waals surface area contributed by atoms with Gasteiger partial charge in [0.1, 0.15) is 5.69 Å². The molecule has 1 aliphatic rings. The quantitative estimate of drug-likeness (QED) is 0.841. The summed E-state index contributed by atoms with van der Waals surface area (Å²) >= 11 is 5.79. The van der Waals surface area contributed by atoms with E-state index in [0.29, 0.717) is 17.9 Å². The third-order valence-corrected chi connectivity index (χ3v) is 3.56. The minimum absolute atomic E-state index is 0.0104. The van der Waals surface area contributed by atoms with Crippen molar-refractivity contribution in [1.82, 2.24) is 14.9 Å². The van der Waals surface area contributed by atoms with Gasteiger partial charge in [-0.3, -0.25) is 4.79 Å². The van der Waals surface area contributed by atoms with Crippen LogP contribution in [0.5, 0.6) is 0 Å². The summed E-state index contributed by atoms with van der Waals surface area (Å²) in [6.07, 6.45) is 3.92. The van der Waals surface area contributed by atoms with E-state index >= 15 is 0 Å². The van der Waals surface area contributed by atoms with Crippen LogP contribution < -0.4 is 0 Å². The molecule has 2 rings (SSSR count). The molecule has 0 radical (unpaired) electrons. The fourth-order valence-electron chi connectivity index (χ4n) is 2.42. The van der Waals surface area contributed by atoms with E-state index in [1.807, 2.05) is 0 Å². The van der Waals surface area contributed by atoms with Crippen molar-refractivity contribution in [3.8, 4) is 0 Å². The van der Waals surface area contributed by atoms with Gasteiger partial charge in [-0.1, -0.05) is 12.8 Å². The number of amides is 1. The van der Waals surface area contributed by atoms with Gasteiger partial charge in [-0.15, -0.1) is 0 Å². The molecule has 5 nitrogen and oxygen atoms in total. The Kier molecular flexibility index (Phi) is 4.71. The summed E-state index contributed by atoms with van der Waals surface area (Å²) in [6.45, 7) is 2.42. The first-order valence-corrected chi connectivity index (χ1v) is 6.92. The smallest absolute Gasteiger partial charge is 0.272 e. The Balaban J connectivity index is 2.25. The number of halogens is 1. The van der Waals surface area contributed by atoms with Gasteiger partial charge in [0.25, 0.3) is 5.91 Å². The van der Waals surface area contributed by atoms with Crippen LogP contribution in [0.25, 0.3) is 0 Å². The second-order valence-electron chi connectivity index (χ2n) is 4.85. The molecule has 0 spiro atoms. The Morgan fingerprint density at radius 1 is 1.47 bits per heavy atom. The molecule has 1 aliphatic heterocycles. The summed E-state index contributed by atoms with van der Waals surface area (Å²) in [5, 5.41) is 9.52. The molecule has 1 N–H and O–H groups in total. The molecule has 2 heterocycles. The number of aliphatic hydroxyl groups excluding tert-OH is 1. The number of aryl methyl sites for hydroxylation is 1. The van der Waals surface area contributed by atoms with E-state index in [9.17, 15) is 9.90 Å². The van der Waals surface area contributed by atoms with Crippen LogP contribution in [0, 0.1) is 6.92 Å². The molecule has 0 aliphatic carbocycles. The second kappa shape index (κ2) is 6.30. The van der Waals surface area contributed by atoms with Crippen LogP contribution in [0.2, 0.25) is 5.28 Å². The van der Waals surface area contributed by atoms with Crippen molar-refractivity contribution in [3.63, 3.8) is 0 Å². The van der Waals surface area contributed by atoms with Crippen LogP contribution in [0.15, 0.2) is 6.07 Å². The zero-order valence-corrected chi connectivity index (χ0v) is 11.7. The van der Waals surface area contributed by atoms with Crippen LogP contribution in [0.3, 0.4) is 0 Å². The highest BCUT2D eigenvalue weighted by molar-refractivity contribution is 6.28. The average molecular weight is 284 g/mol. The molecule has 0 saturated carbocycles. The molecule has 19 heavy (non-hydrogen) atoms. The summed E-state index contributed by atoms with van der Waals surface area (Å²) in [7, 11) is 0. The summed E-state index contributed by atoms with van der Waals surface area (Å²) in [5.41, 5.74) is 0.969. The number of rotatable bonds is 2. The lowest BCUT2D eigenvalue weighted by atomic mass is 10.1. The number of aromatic nitrogens is 2. The van der Waals surface area contributed by atoms with Gasteiger partial charge in [0, 0.05) is 12.2 Å². The summed E-state index contributed by atoms with van der Waals surface area (Å²) in [6, 6.07) is 1.51. The van der Waals surface area contributed by atoms with Gasteiger partial charge in [0.2, 0.25) is 5.28 Å². The predicted octanol–water partition coefficient (Wildman–Crippen LogP) is 1.82. The van der Waals surface area contributed by atoms with E-state index in [2.05, 4.69) is 9.97 Å². The Bertz CT molecular complexity index is 447. The van der Waals surface area contributed by atoms with Gasteiger partial charge in [-0.2, -0.15) is 0 Å². The summed E-state index contributed by atoms with van der Waals surface area (Å²) in [4.78, 5) is 22.1. The fourth-order valence-corrected chi connectivity index (χ4v) is 2.65. The van der Waals surface area contributed by atoms with Crippen molar-refractivity contribution < 1.29 is 9.90 Å². The summed E-state index contributed by atoms with van der Waals surface area (Å²) < 4.78 is 0. The minimum Gasteiger partial charge on any atom is -0.394 e. The number of carbonyl (C=O) groups is 1. The van der Waals surface area contributed by atoms with E-state index in [1.54, 1.807) is 17.9 Å². The van der Waals surface area contributed by atoms with Gasteiger partial charge >= 0.3 is 0 Å². The van der Waals surface area contributed by atoms with Crippen molar-refractivity contribution in [3.05, 3.63) is 22.7 Å². The van der Waals surface area contributed by atoms with Crippen LogP contribution in [-0.4, -0.2) is 45.1 Å².